The summed E-state index contributed by atoms with van der Waals surface area (Å²) in [4.78, 5) is 4.10. The van der Waals surface area contributed by atoms with Crippen molar-refractivity contribution in [1.29, 1.82) is 5.26 Å². The minimum absolute atomic E-state index is 0.260. The van der Waals surface area contributed by atoms with Gasteiger partial charge in [0.05, 0.1) is 0 Å². The van der Waals surface area contributed by atoms with Crippen molar-refractivity contribution in [2.75, 3.05) is 0 Å². The molecule has 4 nitrogen and oxygen atoms in total. The molecule has 1 aromatic rings. The third kappa shape index (κ3) is 2.25. The molecular formula is C6H4N3OSTl. The van der Waals surface area contributed by atoms with Crippen molar-refractivity contribution in [2.45, 2.75) is 6.92 Å². The number of hydrogen-bond acceptors (Lipinski definition) is 5. The molecule has 0 radical (unpaired) electrons. The molecule has 0 unspecified atom stereocenters. The van der Waals surface area contributed by atoms with Crippen LogP contribution in [-0.4, -0.2) is 36.9 Å². The number of thiazole rings is 1. The maximum absolute atomic E-state index is 8.64. The molecule has 0 spiro atoms. The molecule has 6 heteroatoms. The fraction of sp³-hybridized carbons (Fsp3) is 0.167. The fourth-order valence-corrected chi connectivity index (χ4v) is 1.76. The first-order chi connectivity index (χ1) is 5.77. The second kappa shape index (κ2) is 4.52. The molecule has 1 rings (SSSR count). The zero-order valence-corrected chi connectivity index (χ0v) is 11.6. The van der Waals surface area contributed by atoms with Crippen LogP contribution in [0.3, 0.4) is 0 Å². The van der Waals surface area contributed by atoms with Crippen molar-refractivity contribution in [3.05, 3.63) is 16.1 Å². The third-order valence-electron chi connectivity index (χ3n) is 1.07. The van der Waals surface area contributed by atoms with Gasteiger partial charge in [-0.15, -0.1) is 0 Å². The molecule has 0 aromatic carbocycles. The Labute approximate surface area is 90.2 Å². The van der Waals surface area contributed by atoms with Gasteiger partial charge in [-0.1, -0.05) is 0 Å². The van der Waals surface area contributed by atoms with Crippen LogP contribution in [-0.2, 0) is 2.79 Å². The zero-order valence-electron chi connectivity index (χ0n) is 6.31. The number of nitriles is 1. The van der Waals surface area contributed by atoms with Crippen LogP contribution >= 0.6 is 11.3 Å². The molecule has 0 N–H and O–H groups in total. The number of nitrogens with zero attached hydrogens (tertiary/aromatic N) is 3. The van der Waals surface area contributed by atoms with Crippen LogP contribution in [0.15, 0.2) is 10.5 Å². The molecule has 0 saturated heterocycles. The van der Waals surface area contributed by atoms with Gasteiger partial charge in [-0.2, -0.15) is 0 Å². The summed E-state index contributed by atoms with van der Waals surface area (Å²) in [6.45, 7) is 1.87. The molecular weight excluding hydrogens is 367 g/mol. The number of rotatable bonds is 2. The van der Waals surface area contributed by atoms with Crippen LogP contribution in [0.1, 0.15) is 10.7 Å². The molecule has 0 fully saturated rings. The normalized spacial score (nSPS) is 10.8. The monoisotopic (exact) mass is 371 g/mol. The van der Waals surface area contributed by atoms with E-state index in [4.69, 9.17) is 5.26 Å². The van der Waals surface area contributed by atoms with Crippen molar-refractivity contribution in [1.82, 2.24) is 4.98 Å². The number of hydrogen-bond donors (Lipinski definition) is 0. The number of oxime groups is 1. The Morgan fingerprint density at radius 3 is 3.08 bits per heavy atom. The summed E-state index contributed by atoms with van der Waals surface area (Å²) in [6.07, 6.45) is 0. The van der Waals surface area contributed by atoms with Gasteiger partial charge in [-0.25, -0.2) is 0 Å². The van der Waals surface area contributed by atoms with Crippen molar-refractivity contribution in [3.63, 3.8) is 0 Å². The molecule has 1 heterocycles. The van der Waals surface area contributed by atoms with Crippen molar-refractivity contribution in [2.24, 2.45) is 5.16 Å². The molecule has 0 amide bonds. The second-order valence-electron chi connectivity index (χ2n) is 1.95. The second-order valence-corrected chi connectivity index (χ2v) is 3.63. The van der Waals surface area contributed by atoms with E-state index in [9.17, 15) is 0 Å². The summed E-state index contributed by atoms with van der Waals surface area (Å²) in [7, 11) is 0. The van der Waals surface area contributed by atoms with Crippen LogP contribution in [0.2, 0.25) is 0 Å². The molecule has 0 atom stereocenters. The molecule has 0 aliphatic carbocycles. The average Bonchev–Trinajstić information content (AvgIpc) is 2.47. The van der Waals surface area contributed by atoms with Crippen LogP contribution in [0.4, 0.5) is 0 Å². The van der Waals surface area contributed by atoms with Gasteiger partial charge < -0.3 is 0 Å². The quantitative estimate of drug-likeness (QED) is 0.439. The fourth-order valence-electron chi connectivity index (χ4n) is 0.623. The van der Waals surface area contributed by atoms with E-state index in [1.807, 2.05) is 18.4 Å². The Morgan fingerprint density at radius 2 is 2.67 bits per heavy atom. The SMILES string of the molecule is Cc1csc(C(C#N)=N[O][Tl])n1. The number of aromatic nitrogens is 1. The van der Waals surface area contributed by atoms with Gasteiger partial charge in [0.2, 0.25) is 0 Å². The average molecular weight is 371 g/mol. The van der Waals surface area contributed by atoms with E-state index >= 15 is 0 Å². The van der Waals surface area contributed by atoms with E-state index in [0.717, 1.165) is 5.69 Å². The van der Waals surface area contributed by atoms with E-state index in [0.29, 0.717) is 31.2 Å². The molecule has 0 aliphatic heterocycles. The molecule has 1 aromatic heterocycles. The molecule has 12 heavy (non-hydrogen) atoms. The van der Waals surface area contributed by atoms with Crippen LogP contribution in [0.25, 0.3) is 0 Å². The van der Waals surface area contributed by atoms with Crippen molar-refractivity contribution < 1.29 is 2.79 Å². The van der Waals surface area contributed by atoms with E-state index in [-0.39, 0.29) is 5.71 Å². The predicted molar refractivity (Wildman–Crippen MR) is 45.8 cm³/mol. The van der Waals surface area contributed by atoms with E-state index in [1.165, 1.54) is 11.3 Å². The first-order valence-corrected chi connectivity index (χ1v) is 5.75. The Kier molecular flexibility index (Phi) is 3.61. The topological polar surface area (TPSA) is 58.3 Å². The van der Waals surface area contributed by atoms with Crippen LogP contribution in [0, 0.1) is 18.3 Å². The van der Waals surface area contributed by atoms with Gasteiger partial charge in [0.25, 0.3) is 0 Å². The summed E-state index contributed by atoms with van der Waals surface area (Å²) in [5.41, 5.74) is 1.16. The summed E-state index contributed by atoms with van der Waals surface area (Å²) in [5.74, 6) is 0. The molecule has 0 bridgehead atoms. The Balaban J connectivity index is 2.97. The Hall–Kier alpha value is -0.488. The Bertz CT molecular complexity index is 341. The molecule has 58 valence electrons. The standard InChI is InChI=1S/C6H5N3OS.Tl/c1-4-3-11-6(8-4)5(2-7)9-10;/h3,10H,1H3;/q;+1/p-1. The van der Waals surface area contributed by atoms with Gasteiger partial charge in [-0.3, -0.25) is 0 Å². The van der Waals surface area contributed by atoms with Gasteiger partial charge in [0, 0.05) is 0 Å². The van der Waals surface area contributed by atoms with Crippen LogP contribution in [0.5, 0.6) is 0 Å². The summed E-state index contributed by atoms with van der Waals surface area (Å²) >= 11 is 1.70. The molecule has 0 aliphatic rings. The van der Waals surface area contributed by atoms with E-state index in [1.54, 1.807) is 0 Å². The van der Waals surface area contributed by atoms with Gasteiger partial charge in [0.15, 0.2) is 0 Å². The summed E-state index contributed by atoms with van der Waals surface area (Å²) in [6, 6.07) is 1.93. The zero-order chi connectivity index (χ0) is 8.97. The van der Waals surface area contributed by atoms with E-state index in [2.05, 4.69) is 12.9 Å². The van der Waals surface area contributed by atoms with Crippen molar-refractivity contribution in [3.8, 4) is 6.07 Å². The first-order valence-electron chi connectivity index (χ1n) is 3.04. The summed E-state index contributed by atoms with van der Waals surface area (Å²) in [5, 5.41) is 14.7. The van der Waals surface area contributed by atoms with Crippen LogP contribution < -0.4 is 0 Å². The molecule has 0 saturated carbocycles. The first kappa shape index (κ1) is 9.60. The minimum atomic E-state index is 0.260. The third-order valence-corrected chi connectivity index (χ3v) is 2.45. The van der Waals surface area contributed by atoms with Gasteiger partial charge in [-0.05, 0) is 0 Å². The number of aryl methyl sites for hydroxylation is 1. The maximum atomic E-state index is 8.64. The summed E-state index contributed by atoms with van der Waals surface area (Å²) < 4.78 is 4.66. The van der Waals surface area contributed by atoms with Gasteiger partial charge >= 0.3 is 90.5 Å². The predicted octanol–water partition coefficient (Wildman–Crippen LogP) is 0.779. The van der Waals surface area contributed by atoms with Crippen molar-refractivity contribution >= 4 is 43.3 Å². The van der Waals surface area contributed by atoms with E-state index < -0.39 is 0 Å². The Morgan fingerprint density at radius 1 is 1.92 bits per heavy atom. The van der Waals surface area contributed by atoms with Gasteiger partial charge in [0.1, 0.15) is 0 Å².